The number of esters is 1. The van der Waals surface area contributed by atoms with E-state index in [-0.39, 0.29) is 25.0 Å². The van der Waals surface area contributed by atoms with E-state index in [4.69, 9.17) is 0 Å². The van der Waals surface area contributed by atoms with E-state index in [0.29, 0.717) is 0 Å². The lowest BCUT2D eigenvalue weighted by atomic mass is 10.0. The minimum atomic E-state index is -2.87. The molecule has 6 heteroatoms. The number of hydrogen-bond acceptors (Lipinski definition) is 3. The van der Waals surface area contributed by atoms with Gasteiger partial charge < -0.3 is 10.1 Å². The van der Waals surface area contributed by atoms with Crippen LogP contribution in [0.1, 0.15) is 19.8 Å². The van der Waals surface area contributed by atoms with Crippen LogP contribution in [-0.4, -0.2) is 24.9 Å². The van der Waals surface area contributed by atoms with Gasteiger partial charge in [0.15, 0.2) is 0 Å². The molecular formula is C9H11F2NO3. The van der Waals surface area contributed by atoms with Crippen LogP contribution in [0.25, 0.3) is 0 Å². The zero-order chi connectivity index (χ0) is 11.4. The number of alkyl halides is 2. The van der Waals surface area contributed by atoms with Gasteiger partial charge in [0, 0.05) is 6.42 Å². The molecule has 0 fully saturated rings. The summed E-state index contributed by atoms with van der Waals surface area (Å²) in [7, 11) is 0. The molecule has 0 aromatic rings. The molecule has 1 heterocycles. The van der Waals surface area contributed by atoms with Crippen molar-refractivity contribution < 1.29 is 23.1 Å². The molecule has 0 saturated carbocycles. The van der Waals surface area contributed by atoms with Gasteiger partial charge in [-0.2, -0.15) is 0 Å². The maximum absolute atomic E-state index is 12.5. The summed E-state index contributed by atoms with van der Waals surface area (Å²) < 4.78 is 29.5. The van der Waals surface area contributed by atoms with Crippen LogP contribution in [0.3, 0.4) is 0 Å². The number of allylic oxidation sites excluding steroid dienone is 1. The molecule has 1 aliphatic rings. The van der Waals surface area contributed by atoms with E-state index in [1.54, 1.807) is 6.92 Å². The highest BCUT2D eigenvalue weighted by Crippen LogP contribution is 2.21. The number of rotatable bonds is 3. The summed E-state index contributed by atoms with van der Waals surface area (Å²) in [6, 6.07) is 0. The molecule has 15 heavy (non-hydrogen) atoms. The van der Waals surface area contributed by atoms with Crippen LogP contribution < -0.4 is 5.32 Å². The normalized spacial score (nSPS) is 16.7. The first kappa shape index (κ1) is 11.6. The highest BCUT2D eigenvalue weighted by atomic mass is 19.3. The summed E-state index contributed by atoms with van der Waals surface area (Å²) in [5.41, 5.74) is -0.754. The minimum Gasteiger partial charge on any atom is -0.463 e. The number of nitrogens with one attached hydrogen (secondary N) is 1. The Bertz CT molecular complexity index is 312. The largest absolute Gasteiger partial charge is 0.463 e. The van der Waals surface area contributed by atoms with Crippen molar-refractivity contribution in [3.05, 3.63) is 11.3 Å². The Balaban J connectivity index is 2.92. The zero-order valence-corrected chi connectivity index (χ0v) is 8.18. The van der Waals surface area contributed by atoms with Crippen LogP contribution in [0.15, 0.2) is 11.3 Å². The van der Waals surface area contributed by atoms with Crippen molar-refractivity contribution in [2.24, 2.45) is 0 Å². The Labute approximate surface area is 85.3 Å². The van der Waals surface area contributed by atoms with Crippen LogP contribution >= 0.6 is 0 Å². The van der Waals surface area contributed by atoms with Gasteiger partial charge >= 0.3 is 5.97 Å². The Kier molecular flexibility index (Phi) is 3.76. The van der Waals surface area contributed by atoms with E-state index < -0.39 is 24.0 Å². The van der Waals surface area contributed by atoms with Gasteiger partial charge in [-0.25, -0.2) is 13.6 Å². The van der Waals surface area contributed by atoms with E-state index >= 15 is 0 Å². The molecule has 1 aliphatic heterocycles. The third kappa shape index (κ3) is 2.74. The maximum atomic E-state index is 12.5. The van der Waals surface area contributed by atoms with Gasteiger partial charge in [0.25, 0.3) is 6.43 Å². The summed E-state index contributed by atoms with van der Waals surface area (Å²) in [5, 5.41) is 2.00. The highest BCUT2D eigenvalue weighted by Gasteiger charge is 2.28. The first-order chi connectivity index (χ1) is 7.06. The van der Waals surface area contributed by atoms with Gasteiger partial charge in [0.1, 0.15) is 0 Å². The van der Waals surface area contributed by atoms with Gasteiger partial charge in [-0.05, 0) is 13.3 Å². The molecule has 84 valence electrons. The fraction of sp³-hybridized carbons (Fsp3) is 0.556. The second-order valence-electron chi connectivity index (χ2n) is 2.96. The van der Waals surface area contributed by atoms with Crippen molar-refractivity contribution in [2.75, 3.05) is 6.61 Å². The van der Waals surface area contributed by atoms with Crippen LogP contribution in [0.5, 0.6) is 0 Å². The second-order valence-corrected chi connectivity index (χ2v) is 2.96. The molecule has 0 aromatic heterocycles. The van der Waals surface area contributed by atoms with E-state index in [0.717, 1.165) is 0 Å². The van der Waals surface area contributed by atoms with Gasteiger partial charge in [-0.15, -0.1) is 0 Å². The smallest absolute Gasteiger partial charge is 0.335 e. The molecule has 0 radical (unpaired) electrons. The molecule has 0 saturated heterocycles. The third-order valence-electron chi connectivity index (χ3n) is 1.94. The second kappa shape index (κ2) is 4.86. The van der Waals surface area contributed by atoms with Gasteiger partial charge in [-0.3, -0.25) is 4.79 Å². The Hall–Kier alpha value is -1.46. The number of hydrogen-bond donors (Lipinski definition) is 1. The van der Waals surface area contributed by atoms with Crippen molar-refractivity contribution in [2.45, 2.75) is 26.2 Å². The van der Waals surface area contributed by atoms with Gasteiger partial charge in [0.2, 0.25) is 5.91 Å². The van der Waals surface area contributed by atoms with Crippen molar-refractivity contribution in [3.63, 3.8) is 0 Å². The van der Waals surface area contributed by atoms with E-state index in [1.165, 1.54) is 0 Å². The monoisotopic (exact) mass is 219 g/mol. The number of halogens is 2. The molecular weight excluding hydrogens is 208 g/mol. The standard InChI is InChI=1S/C9H11F2NO3/c1-2-15-9(14)5-3-4-6(13)12-7(5)8(10)11/h8H,2-4H2,1H3,(H,12,13). The molecule has 1 N–H and O–H groups in total. The lowest BCUT2D eigenvalue weighted by molar-refractivity contribution is -0.139. The number of carbonyl (C=O) groups is 2. The molecule has 0 bridgehead atoms. The average Bonchev–Trinajstić information content (AvgIpc) is 2.17. The van der Waals surface area contributed by atoms with Gasteiger partial charge in [0.05, 0.1) is 17.9 Å². The quantitative estimate of drug-likeness (QED) is 0.720. The average molecular weight is 219 g/mol. The highest BCUT2D eigenvalue weighted by molar-refractivity contribution is 5.93. The lowest BCUT2D eigenvalue weighted by Gasteiger charge is -2.19. The summed E-state index contributed by atoms with van der Waals surface area (Å²) in [6.07, 6.45) is -2.83. The fourth-order valence-corrected chi connectivity index (χ4v) is 1.28. The Morgan fingerprint density at radius 2 is 2.20 bits per heavy atom. The van der Waals surface area contributed by atoms with E-state index in [9.17, 15) is 18.4 Å². The van der Waals surface area contributed by atoms with Crippen molar-refractivity contribution >= 4 is 11.9 Å². The van der Waals surface area contributed by atoms with E-state index in [2.05, 4.69) is 4.74 Å². The maximum Gasteiger partial charge on any atom is 0.335 e. The molecule has 0 aromatic carbocycles. The molecule has 0 spiro atoms. The van der Waals surface area contributed by atoms with Crippen molar-refractivity contribution in [3.8, 4) is 0 Å². The van der Waals surface area contributed by atoms with Gasteiger partial charge in [-0.1, -0.05) is 0 Å². The molecule has 0 aliphatic carbocycles. The summed E-state index contributed by atoms with van der Waals surface area (Å²) in [5.74, 6) is -1.29. The molecule has 1 amide bonds. The Morgan fingerprint density at radius 3 is 2.73 bits per heavy atom. The Morgan fingerprint density at radius 1 is 1.53 bits per heavy atom. The van der Waals surface area contributed by atoms with Crippen molar-refractivity contribution in [1.29, 1.82) is 0 Å². The molecule has 4 nitrogen and oxygen atoms in total. The molecule has 0 atom stereocenters. The number of amides is 1. The van der Waals surface area contributed by atoms with Crippen LogP contribution in [-0.2, 0) is 14.3 Å². The predicted octanol–water partition coefficient (Wildman–Crippen LogP) is 0.979. The zero-order valence-electron chi connectivity index (χ0n) is 8.18. The van der Waals surface area contributed by atoms with Crippen molar-refractivity contribution in [1.82, 2.24) is 5.32 Å². The fourth-order valence-electron chi connectivity index (χ4n) is 1.28. The number of ether oxygens (including phenoxy) is 1. The minimum absolute atomic E-state index is 0.00431. The first-order valence-electron chi connectivity index (χ1n) is 4.54. The predicted molar refractivity (Wildman–Crippen MR) is 47.0 cm³/mol. The topological polar surface area (TPSA) is 55.4 Å². The first-order valence-corrected chi connectivity index (χ1v) is 4.54. The molecule has 1 rings (SSSR count). The number of carbonyl (C=O) groups excluding carboxylic acids is 2. The van der Waals surface area contributed by atoms with Crippen LogP contribution in [0.2, 0.25) is 0 Å². The summed E-state index contributed by atoms with van der Waals surface area (Å²) in [6.45, 7) is 1.70. The lowest BCUT2D eigenvalue weighted by Crippen LogP contribution is -2.34. The van der Waals surface area contributed by atoms with Crippen LogP contribution in [0.4, 0.5) is 8.78 Å². The molecule has 0 unspecified atom stereocenters. The summed E-state index contributed by atoms with van der Waals surface area (Å²) >= 11 is 0. The third-order valence-corrected chi connectivity index (χ3v) is 1.94. The van der Waals surface area contributed by atoms with Crippen LogP contribution in [0, 0.1) is 0 Å². The summed E-state index contributed by atoms with van der Waals surface area (Å²) in [4.78, 5) is 22.1. The van der Waals surface area contributed by atoms with E-state index in [1.807, 2.05) is 5.32 Å². The SMILES string of the molecule is CCOC(=O)C1=C(C(F)F)NC(=O)CC1.